The molecule has 16 heavy (non-hydrogen) atoms. The minimum Gasteiger partial charge on any atom is -0.481 e. The van der Waals surface area contributed by atoms with Crippen LogP contribution in [0.2, 0.25) is 0 Å². The van der Waals surface area contributed by atoms with Crippen LogP contribution < -0.4 is 0 Å². The number of aromatic nitrogens is 1. The number of rotatable bonds is 5. The summed E-state index contributed by atoms with van der Waals surface area (Å²) in [6.07, 6.45) is 5.07. The second-order valence-electron chi connectivity index (χ2n) is 4.44. The van der Waals surface area contributed by atoms with Gasteiger partial charge < -0.3 is 5.11 Å². The van der Waals surface area contributed by atoms with Crippen molar-refractivity contribution in [3.63, 3.8) is 0 Å². The summed E-state index contributed by atoms with van der Waals surface area (Å²) in [4.78, 5) is 15.5. The Balaban J connectivity index is 1.98. The lowest BCUT2D eigenvalue weighted by Gasteiger charge is -2.23. The Morgan fingerprint density at radius 3 is 2.94 bits per heavy atom. The Kier molecular flexibility index (Phi) is 3.59. The highest BCUT2D eigenvalue weighted by atomic mass is 32.1. The van der Waals surface area contributed by atoms with Crippen molar-refractivity contribution in [2.24, 2.45) is 5.92 Å². The molecule has 0 amide bonds. The van der Waals surface area contributed by atoms with Gasteiger partial charge >= 0.3 is 5.97 Å². The van der Waals surface area contributed by atoms with Gasteiger partial charge in [-0.2, -0.15) is 0 Å². The topological polar surface area (TPSA) is 50.2 Å². The Bertz CT molecular complexity index is 371. The van der Waals surface area contributed by atoms with Crippen molar-refractivity contribution >= 4 is 17.3 Å². The number of hydrogen-bond acceptors (Lipinski definition) is 3. The number of hydrogen-bond donors (Lipinski definition) is 1. The molecule has 1 saturated carbocycles. The molecule has 1 aromatic heterocycles. The Morgan fingerprint density at radius 2 is 2.44 bits per heavy atom. The molecule has 2 rings (SSSR count). The van der Waals surface area contributed by atoms with E-state index in [4.69, 9.17) is 5.11 Å². The number of thiazole rings is 1. The molecule has 1 heterocycles. The predicted octanol–water partition coefficient (Wildman–Crippen LogP) is 3.06. The average Bonchev–Trinajstić information content (AvgIpc) is 2.59. The lowest BCUT2D eigenvalue weighted by molar-refractivity contribution is -0.141. The Labute approximate surface area is 99.5 Å². The van der Waals surface area contributed by atoms with E-state index in [-0.39, 0.29) is 5.92 Å². The highest BCUT2D eigenvalue weighted by Crippen LogP contribution is 2.36. The molecule has 1 atom stereocenters. The van der Waals surface area contributed by atoms with Gasteiger partial charge in [-0.05, 0) is 19.3 Å². The lowest BCUT2D eigenvalue weighted by Crippen LogP contribution is -2.15. The molecule has 88 valence electrons. The minimum absolute atomic E-state index is 0.277. The number of nitrogens with zero attached hydrogens (tertiary/aromatic N) is 1. The summed E-state index contributed by atoms with van der Waals surface area (Å²) in [6.45, 7) is 1.92. The Hall–Kier alpha value is -0.900. The number of carboxylic acids is 1. The van der Waals surface area contributed by atoms with Gasteiger partial charge in [0.25, 0.3) is 0 Å². The first kappa shape index (κ1) is 11.6. The second kappa shape index (κ2) is 4.95. The number of carbonyl (C=O) groups is 1. The zero-order valence-electron chi connectivity index (χ0n) is 9.48. The van der Waals surface area contributed by atoms with E-state index in [1.54, 1.807) is 11.3 Å². The largest absolute Gasteiger partial charge is 0.481 e. The van der Waals surface area contributed by atoms with Crippen molar-refractivity contribution in [2.75, 3.05) is 0 Å². The minimum atomic E-state index is -0.706. The highest BCUT2D eigenvalue weighted by molar-refractivity contribution is 7.09. The summed E-state index contributed by atoms with van der Waals surface area (Å²) >= 11 is 1.61. The fourth-order valence-corrected chi connectivity index (χ4v) is 2.88. The van der Waals surface area contributed by atoms with Crippen molar-refractivity contribution in [3.8, 4) is 0 Å². The molecule has 1 N–H and O–H groups in total. The zero-order chi connectivity index (χ0) is 11.5. The van der Waals surface area contributed by atoms with Gasteiger partial charge in [0.2, 0.25) is 0 Å². The van der Waals surface area contributed by atoms with Crippen LogP contribution in [0.5, 0.6) is 0 Å². The molecule has 1 aromatic rings. The molecule has 0 spiro atoms. The van der Waals surface area contributed by atoms with Crippen LogP contribution in [0.1, 0.15) is 49.2 Å². The van der Waals surface area contributed by atoms with Crippen LogP contribution in [-0.4, -0.2) is 16.1 Å². The Morgan fingerprint density at radius 1 is 1.69 bits per heavy atom. The maximum Gasteiger partial charge on any atom is 0.306 e. The molecule has 3 nitrogen and oxygen atoms in total. The molecule has 1 aliphatic carbocycles. The van der Waals surface area contributed by atoms with Crippen LogP contribution in [0.15, 0.2) is 5.38 Å². The molecular formula is C12H17NO2S. The standard InChI is InChI=1S/C12H17NO2S/c1-2-8(12(14)15)6-11-13-10(7-16-11)9-4-3-5-9/h7-9H,2-6H2,1H3,(H,14,15). The molecular weight excluding hydrogens is 222 g/mol. The molecule has 0 radical (unpaired) electrons. The molecule has 0 bridgehead atoms. The van der Waals surface area contributed by atoms with E-state index in [0.717, 1.165) is 5.01 Å². The van der Waals surface area contributed by atoms with Crippen molar-refractivity contribution < 1.29 is 9.90 Å². The van der Waals surface area contributed by atoms with Crippen LogP contribution in [0.25, 0.3) is 0 Å². The van der Waals surface area contributed by atoms with Crippen LogP contribution in [0, 0.1) is 5.92 Å². The van der Waals surface area contributed by atoms with E-state index in [2.05, 4.69) is 10.4 Å². The first-order valence-corrected chi connectivity index (χ1v) is 6.75. The SMILES string of the molecule is CCC(Cc1nc(C2CCC2)cs1)C(=O)O. The van der Waals surface area contributed by atoms with Crippen LogP contribution >= 0.6 is 11.3 Å². The fraction of sp³-hybridized carbons (Fsp3) is 0.667. The molecule has 0 aromatic carbocycles. The fourth-order valence-electron chi connectivity index (χ4n) is 1.93. The molecule has 1 unspecified atom stereocenters. The maximum atomic E-state index is 10.9. The second-order valence-corrected chi connectivity index (χ2v) is 5.38. The third-order valence-electron chi connectivity index (χ3n) is 3.36. The molecule has 0 aliphatic heterocycles. The predicted molar refractivity (Wildman–Crippen MR) is 63.8 cm³/mol. The van der Waals surface area contributed by atoms with Gasteiger partial charge in [-0.1, -0.05) is 13.3 Å². The van der Waals surface area contributed by atoms with Crippen molar-refractivity contribution in [1.29, 1.82) is 0 Å². The van der Waals surface area contributed by atoms with Crippen LogP contribution in [0.4, 0.5) is 0 Å². The zero-order valence-corrected chi connectivity index (χ0v) is 10.3. The van der Waals surface area contributed by atoms with E-state index >= 15 is 0 Å². The van der Waals surface area contributed by atoms with Gasteiger partial charge in [-0.3, -0.25) is 4.79 Å². The van der Waals surface area contributed by atoms with Gasteiger partial charge in [-0.25, -0.2) is 4.98 Å². The third kappa shape index (κ3) is 2.43. The molecule has 1 fully saturated rings. The maximum absolute atomic E-state index is 10.9. The van der Waals surface area contributed by atoms with Crippen molar-refractivity contribution in [3.05, 3.63) is 16.1 Å². The summed E-state index contributed by atoms with van der Waals surface area (Å²) in [5.41, 5.74) is 1.19. The van der Waals surface area contributed by atoms with E-state index in [1.807, 2.05) is 6.92 Å². The summed E-state index contributed by atoms with van der Waals surface area (Å²) in [6, 6.07) is 0. The van der Waals surface area contributed by atoms with Crippen molar-refractivity contribution in [1.82, 2.24) is 4.98 Å². The monoisotopic (exact) mass is 239 g/mol. The summed E-state index contributed by atoms with van der Waals surface area (Å²) in [5, 5.41) is 12.1. The van der Waals surface area contributed by atoms with Crippen LogP contribution in [0.3, 0.4) is 0 Å². The van der Waals surface area contributed by atoms with Gasteiger partial charge in [-0.15, -0.1) is 11.3 Å². The van der Waals surface area contributed by atoms with E-state index in [1.165, 1.54) is 25.0 Å². The summed E-state index contributed by atoms with van der Waals surface area (Å²) in [5.74, 6) is -0.335. The first-order chi connectivity index (χ1) is 7.70. The first-order valence-electron chi connectivity index (χ1n) is 5.87. The van der Waals surface area contributed by atoms with Gasteiger partial charge in [0, 0.05) is 17.7 Å². The van der Waals surface area contributed by atoms with Gasteiger partial charge in [0.15, 0.2) is 0 Å². The smallest absolute Gasteiger partial charge is 0.306 e. The molecule has 1 aliphatic rings. The van der Waals surface area contributed by atoms with Gasteiger partial charge in [0.1, 0.15) is 0 Å². The van der Waals surface area contributed by atoms with E-state index < -0.39 is 5.97 Å². The number of aliphatic carboxylic acids is 1. The van der Waals surface area contributed by atoms with E-state index in [0.29, 0.717) is 18.8 Å². The van der Waals surface area contributed by atoms with Gasteiger partial charge in [0.05, 0.1) is 16.6 Å². The molecule has 0 saturated heterocycles. The summed E-state index contributed by atoms with van der Waals surface area (Å²) in [7, 11) is 0. The molecule has 4 heteroatoms. The van der Waals surface area contributed by atoms with Crippen LogP contribution in [-0.2, 0) is 11.2 Å². The highest BCUT2D eigenvalue weighted by Gasteiger charge is 2.23. The normalized spacial score (nSPS) is 18.1. The van der Waals surface area contributed by atoms with E-state index in [9.17, 15) is 4.79 Å². The quantitative estimate of drug-likeness (QED) is 0.859. The van der Waals surface area contributed by atoms with Crippen molar-refractivity contribution in [2.45, 2.75) is 44.9 Å². The number of carboxylic acid groups (broad SMARTS) is 1. The third-order valence-corrected chi connectivity index (χ3v) is 4.25. The lowest BCUT2D eigenvalue weighted by atomic mass is 9.83. The summed E-state index contributed by atoms with van der Waals surface area (Å²) < 4.78 is 0. The average molecular weight is 239 g/mol.